The van der Waals surface area contributed by atoms with Crippen LogP contribution in [0.5, 0.6) is 0 Å². The highest BCUT2D eigenvalue weighted by molar-refractivity contribution is 9.11. The molecule has 0 amide bonds. The molecule has 0 aromatic rings. The first-order valence-electron chi connectivity index (χ1n) is 7.61. The Balaban J connectivity index is 1.93. The van der Waals surface area contributed by atoms with Crippen LogP contribution in [0.25, 0.3) is 0 Å². The van der Waals surface area contributed by atoms with Gasteiger partial charge in [0.2, 0.25) is 0 Å². The van der Waals surface area contributed by atoms with Gasteiger partial charge in [0.1, 0.15) is 0 Å². The van der Waals surface area contributed by atoms with Gasteiger partial charge in [0.05, 0.1) is 12.5 Å². The molecule has 4 heteroatoms. The van der Waals surface area contributed by atoms with Crippen molar-refractivity contribution >= 4 is 27.7 Å². The smallest absolute Gasteiger partial charge is 0.310 e. The van der Waals surface area contributed by atoms with E-state index < -0.39 is 0 Å². The fourth-order valence-corrected chi connectivity index (χ4v) is 3.74. The minimum atomic E-state index is -0.155. The van der Waals surface area contributed by atoms with E-state index in [4.69, 9.17) is 4.74 Å². The van der Waals surface area contributed by atoms with E-state index >= 15 is 0 Å². The average molecular weight is 367 g/mol. The molecular weight excluding hydrogens is 344 g/mol. The Morgan fingerprint density at radius 1 is 1.50 bits per heavy atom. The van der Waals surface area contributed by atoms with Crippen molar-refractivity contribution in [3.05, 3.63) is 34.9 Å². The van der Waals surface area contributed by atoms with E-state index in [9.17, 15) is 9.59 Å². The third-order valence-electron chi connectivity index (χ3n) is 5.08. The molecule has 120 valence electrons. The number of Topliss-reactive ketones (excluding diaryl/α,β-unsaturated/α-hetero) is 1. The van der Waals surface area contributed by atoms with Gasteiger partial charge in [0, 0.05) is 12.3 Å². The molecule has 2 aliphatic rings. The van der Waals surface area contributed by atoms with Crippen molar-refractivity contribution in [1.82, 2.24) is 0 Å². The second kappa shape index (κ2) is 6.53. The highest BCUT2D eigenvalue weighted by Gasteiger charge is 2.61. The van der Waals surface area contributed by atoms with E-state index in [1.807, 2.05) is 13.0 Å². The molecule has 1 saturated carbocycles. The highest BCUT2D eigenvalue weighted by atomic mass is 79.9. The minimum Gasteiger partial charge on any atom is -0.465 e. The number of carbonyl (C=O) groups excluding carboxylic acids is 2. The van der Waals surface area contributed by atoms with Gasteiger partial charge in [-0.2, -0.15) is 0 Å². The van der Waals surface area contributed by atoms with Gasteiger partial charge in [-0.05, 0) is 35.2 Å². The molecule has 2 aliphatic carbocycles. The summed E-state index contributed by atoms with van der Waals surface area (Å²) in [5.74, 6) is 0.162. The van der Waals surface area contributed by atoms with Crippen LogP contribution in [0.2, 0.25) is 0 Å². The highest BCUT2D eigenvalue weighted by Crippen LogP contribution is 2.59. The lowest BCUT2D eigenvalue weighted by Crippen LogP contribution is -2.17. The van der Waals surface area contributed by atoms with Crippen molar-refractivity contribution < 1.29 is 14.3 Å². The van der Waals surface area contributed by atoms with Crippen molar-refractivity contribution in [3.63, 3.8) is 0 Å². The van der Waals surface area contributed by atoms with E-state index in [-0.39, 0.29) is 34.9 Å². The van der Waals surface area contributed by atoms with Crippen LogP contribution in [0.3, 0.4) is 0 Å². The summed E-state index contributed by atoms with van der Waals surface area (Å²) in [6.45, 7) is 10.1. The van der Waals surface area contributed by atoms with Gasteiger partial charge < -0.3 is 4.74 Å². The average Bonchev–Trinajstić information content (AvgIpc) is 2.89. The lowest BCUT2D eigenvalue weighted by molar-refractivity contribution is -0.147. The molecule has 1 fully saturated rings. The van der Waals surface area contributed by atoms with Crippen LogP contribution in [0, 0.1) is 23.2 Å². The number of hydrogen-bond donors (Lipinski definition) is 0. The normalized spacial score (nSPS) is 30.0. The van der Waals surface area contributed by atoms with Crippen LogP contribution < -0.4 is 0 Å². The Morgan fingerprint density at radius 3 is 2.77 bits per heavy atom. The number of carbonyl (C=O) groups is 2. The second-order valence-corrected chi connectivity index (χ2v) is 7.28. The Kier molecular flexibility index (Phi) is 5.10. The number of ketones is 1. The summed E-state index contributed by atoms with van der Waals surface area (Å²) < 4.78 is 5.51. The molecule has 0 bridgehead atoms. The van der Waals surface area contributed by atoms with E-state index in [2.05, 4.69) is 36.4 Å². The molecule has 1 unspecified atom stereocenters. The van der Waals surface area contributed by atoms with E-state index in [0.717, 1.165) is 11.1 Å². The quantitative estimate of drug-likeness (QED) is 0.522. The molecule has 0 spiro atoms. The first-order chi connectivity index (χ1) is 10.3. The summed E-state index contributed by atoms with van der Waals surface area (Å²) in [6.07, 6.45) is 4.79. The first kappa shape index (κ1) is 17.2. The fraction of sp³-hybridized carbons (Fsp3) is 0.556. The zero-order valence-corrected chi connectivity index (χ0v) is 15.0. The summed E-state index contributed by atoms with van der Waals surface area (Å²) in [5, 5.41) is 0. The van der Waals surface area contributed by atoms with Crippen LogP contribution in [-0.4, -0.2) is 18.4 Å². The van der Waals surface area contributed by atoms with Gasteiger partial charge in [0.25, 0.3) is 0 Å². The number of esters is 1. The third kappa shape index (κ3) is 3.12. The molecule has 0 saturated heterocycles. The van der Waals surface area contributed by atoms with Crippen molar-refractivity contribution in [2.45, 2.75) is 33.6 Å². The molecule has 22 heavy (non-hydrogen) atoms. The first-order valence-corrected chi connectivity index (χ1v) is 8.53. The summed E-state index contributed by atoms with van der Waals surface area (Å²) in [6, 6.07) is 0. The van der Waals surface area contributed by atoms with Crippen LogP contribution in [0.4, 0.5) is 0 Å². The number of rotatable bonds is 6. The number of ether oxygens (including phenoxy) is 1. The maximum absolute atomic E-state index is 12.3. The molecule has 0 N–H and O–H groups in total. The van der Waals surface area contributed by atoms with Gasteiger partial charge in [0.15, 0.2) is 5.78 Å². The minimum absolute atomic E-state index is 0.0263. The molecule has 0 aliphatic heterocycles. The summed E-state index contributed by atoms with van der Waals surface area (Å²) >= 11 is 3.26. The topological polar surface area (TPSA) is 43.4 Å². The molecule has 0 aromatic carbocycles. The maximum Gasteiger partial charge on any atom is 0.310 e. The zero-order valence-electron chi connectivity index (χ0n) is 13.4. The zero-order chi connectivity index (χ0) is 16.5. The number of hydrogen-bond acceptors (Lipinski definition) is 3. The second-order valence-electron chi connectivity index (χ2n) is 6.75. The van der Waals surface area contributed by atoms with E-state index in [1.165, 1.54) is 0 Å². The number of halogens is 1. The largest absolute Gasteiger partial charge is 0.465 e. The predicted molar refractivity (Wildman–Crippen MR) is 90.4 cm³/mol. The molecule has 0 radical (unpaired) electrons. The SMILES string of the molecule is C=CCC1=C(C)C(COC(=O)[C@H]2[C@@H](/C=C/Br)C2(C)C)CC1=O. The van der Waals surface area contributed by atoms with Gasteiger partial charge in [-0.25, -0.2) is 0 Å². The van der Waals surface area contributed by atoms with Gasteiger partial charge in [-0.1, -0.05) is 47.5 Å². The molecule has 2 rings (SSSR count). The predicted octanol–water partition coefficient (Wildman–Crippen LogP) is 4.19. The number of allylic oxidation sites excluding steroid dienone is 3. The maximum atomic E-state index is 12.3. The Morgan fingerprint density at radius 2 is 2.18 bits per heavy atom. The van der Waals surface area contributed by atoms with Gasteiger partial charge >= 0.3 is 5.97 Å². The summed E-state index contributed by atoms with van der Waals surface area (Å²) in [5.41, 5.74) is 1.83. The summed E-state index contributed by atoms with van der Waals surface area (Å²) in [4.78, 5) is 26.0. The van der Waals surface area contributed by atoms with Crippen LogP contribution >= 0.6 is 15.9 Å². The Labute approximate surface area is 140 Å². The molecule has 3 atom stereocenters. The van der Waals surface area contributed by atoms with Crippen LogP contribution in [-0.2, 0) is 14.3 Å². The molecule has 3 nitrogen and oxygen atoms in total. The Bertz CT molecular complexity index is 557. The Hall–Kier alpha value is -1.16. The van der Waals surface area contributed by atoms with Gasteiger partial charge in [-0.3, -0.25) is 9.59 Å². The van der Waals surface area contributed by atoms with Crippen molar-refractivity contribution in [2.75, 3.05) is 6.61 Å². The van der Waals surface area contributed by atoms with E-state index in [1.54, 1.807) is 11.1 Å². The van der Waals surface area contributed by atoms with Crippen LogP contribution in [0.15, 0.2) is 34.9 Å². The molecule has 0 heterocycles. The van der Waals surface area contributed by atoms with Crippen molar-refractivity contribution in [3.8, 4) is 0 Å². The van der Waals surface area contributed by atoms with Crippen LogP contribution in [0.1, 0.15) is 33.6 Å². The van der Waals surface area contributed by atoms with Gasteiger partial charge in [-0.15, -0.1) is 6.58 Å². The third-order valence-corrected chi connectivity index (χ3v) is 5.38. The monoisotopic (exact) mass is 366 g/mol. The molecular formula is C18H23BrO3. The van der Waals surface area contributed by atoms with Crippen molar-refractivity contribution in [1.29, 1.82) is 0 Å². The summed E-state index contributed by atoms with van der Waals surface area (Å²) in [7, 11) is 0. The molecule has 0 aromatic heterocycles. The lowest BCUT2D eigenvalue weighted by atomic mass is 10.0. The lowest BCUT2D eigenvalue weighted by Gasteiger charge is -2.12. The fourth-order valence-electron chi connectivity index (χ4n) is 3.41. The van der Waals surface area contributed by atoms with E-state index in [0.29, 0.717) is 19.4 Å². The van der Waals surface area contributed by atoms with Crippen molar-refractivity contribution in [2.24, 2.45) is 23.2 Å². The standard InChI is InChI=1S/C18H23BrO3/c1-5-6-13-11(2)12(9-15(13)20)10-22-17(21)16-14(7-8-19)18(16,3)4/h5,7-8,12,14,16H,1,6,9-10H2,2-4H3/b8-7+/t12?,14-,16-/m1/s1.